The predicted octanol–water partition coefficient (Wildman–Crippen LogP) is 4.88. The normalized spacial score (nSPS) is 10.9. The lowest BCUT2D eigenvalue weighted by Crippen LogP contribution is -2.17. The highest BCUT2D eigenvalue weighted by Crippen LogP contribution is 2.22. The Morgan fingerprint density at radius 2 is 1.75 bits per heavy atom. The third-order valence-electron chi connectivity index (χ3n) is 4.22. The van der Waals surface area contributed by atoms with Gasteiger partial charge in [-0.05, 0) is 44.8 Å². The summed E-state index contributed by atoms with van der Waals surface area (Å²) < 4.78 is 1.07. The minimum absolute atomic E-state index is 0.650. The van der Waals surface area contributed by atoms with Crippen molar-refractivity contribution in [1.29, 1.82) is 0 Å². The van der Waals surface area contributed by atoms with Crippen molar-refractivity contribution >= 4 is 27.7 Å². The molecule has 3 rings (SSSR count). The SMILES string of the molecule is CN(C)CCCNc1nc(NCc2cccc(Br)c2)cc(-c2ccccc2)n1. The molecule has 2 aromatic carbocycles. The summed E-state index contributed by atoms with van der Waals surface area (Å²) in [6, 6.07) is 20.4. The number of halogens is 1. The van der Waals surface area contributed by atoms with Crippen LogP contribution in [0, 0.1) is 0 Å². The summed E-state index contributed by atoms with van der Waals surface area (Å²) in [5.41, 5.74) is 3.17. The molecule has 0 aliphatic rings. The van der Waals surface area contributed by atoms with Gasteiger partial charge in [0.05, 0.1) is 5.69 Å². The summed E-state index contributed by atoms with van der Waals surface area (Å²) in [6.07, 6.45) is 1.03. The molecule has 1 aromatic heterocycles. The van der Waals surface area contributed by atoms with Gasteiger partial charge in [-0.15, -0.1) is 0 Å². The van der Waals surface area contributed by atoms with E-state index in [-0.39, 0.29) is 0 Å². The third-order valence-corrected chi connectivity index (χ3v) is 4.72. The lowest BCUT2D eigenvalue weighted by Gasteiger charge is -2.13. The molecule has 2 N–H and O–H groups in total. The van der Waals surface area contributed by atoms with Gasteiger partial charge in [0.15, 0.2) is 0 Å². The van der Waals surface area contributed by atoms with Crippen LogP contribution in [0.5, 0.6) is 0 Å². The summed E-state index contributed by atoms with van der Waals surface area (Å²) in [7, 11) is 4.16. The number of aromatic nitrogens is 2. The minimum Gasteiger partial charge on any atom is -0.366 e. The first-order chi connectivity index (χ1) is 13.6. The van der Waals surface area contributed by atoms with Gasteiger partial charge in [-0.3, -0.25) is 0 Å². The van der Waals surface area contributed by atoms with Crippen LogP contribution < -0.4 is 10.6 Å². The van der Waals surface area contributed by atoms with Gasteiger partial charge >= 0.3 is 0 Å². The Bertz CT molecular complexity index is 883. The predicted molar refractivity (Wildman–Crippen MR) is 121 cm³/mol. The molecule has 0 unspecified atom stereocenters. The van der Waals surface area contributed by atoms with Crippen molar-refractivity contribution in [2.75, 3.05) is 37.8 Å². The van der Waals surface area contributed by atoms with Gasteiger partial charge in [-0.1, -0.05) is 58.4 Å². The maximum absolute atomic E-state index is 4.71. The van der Waals surface area contributed by atoms with E-state index in [1.165, 1.54) is 5.56 Å². The number of nitrogens with one attached hydrogen (secondary N) is 2. The van der Waals surface area contributed by atoms with E-state index in [0.717, 1.165) is 41.1 Å². The molecule has 0 atom stereocenters. The van der Waals surface area contributed by atoms with Crippen LogP contribution in [0.15, 0.2) is 65.1 Å². The molecular formula is C22H26BrN5. The molecule has 28 heavy (non-hydrogen) atoms. The second-order valence-electron chi connectivity index (χ2n) is 6.90. The van der Waals surface area contributed by atoms with E-state index in [1.54, 1.807) is 0 Å². The van der Waals surface area contributed by atoms with Crippen LogP contribution in [-0.2, 0) is 6.54 Å². The highest BCUT2D eigenvalue weighted by Gasteiger charge is 2.07. The zero-order valence-corrected chi connectivity index (χ0v) is 17.9. The number of hydrogen-bond acceptors (Lipinski definition) is 5. The van der Waals surface area contributed by atoms with Gasteiger partial charge in [0.25, 0.3) is 0 Å². The summed E-state index contributed by atoms with van der Waals surface area (Å²) in [4.78, 5) is 11.5. The molecule has 3 aromatic rings. The number of anilines is 2. The minimum atomic E-state index is 0.650. The van der Waals surface area contributed by atoms with Gasteiger partial charge in [-0.2, -0.15) is 4.98 Å². The number of benzene rings is 2. The molecule has 0 aliphatic carbocycles. The highest BCUT2D eigenvalue weighted by molar-refractivity contribution is 9.10. The Balaban J connectivity index is 1.76. The average Bonchev–Trinajstić information content (AvgIpc) is 2.70. The largest absolute Gasteiger partial charge is 0.366 e. The monoisotopic (exact) mass is 439 g/mol. The zero-order chi connectivity index (χ0) is 19.8. The number of rotatable bonds is 9. The second kappa shape index (κ2) is 10.2. The van der Waals surface area contributed by atoms with E-state index in [1.807, 2.05) is 36.4 Å². The summed E-state index contributed by atoms with van der Waals surface area (Å²) in [5, 5.41) is 6.79. The highest BCUT2D eigenvalue weighted by atomic mass is 79.9. The van der Waals surface area contributed by atoms with E-state index in [0.29, 0.717) is 12.5 Å². The molecule has 146 valence electrons. The van der Waals surface area contributed by atoms with Crippen molar-refractivity contribution < 1.29 is 0 Å². The van der Waals surface area contributed by atoms with Crippen molar-refractivity contribution in [3.8, 4) is 11.3 Å². The van der Waals surface area contributed by atoms with Crippen LogP contribution in [0.2, 0.25) is 0 Å². The molecular weight excluding hydrogens is 414 g/mol. The van der Waals surface area contributed by atoms with Crippen LogP contribution in [0.25, 0.3) is 11.3 Å². The van der Waals surface area contributed by atoms with Gasteiger partial charge < -0.3 is 15.5 Å². The summed E-state index contributed by atoms with van der Waals surface area (Å²) >= 11 is 3.52. The fourth-order valence-electron chi connectivity index (χ4n) is 2.81. The molecule has 0 radical (unpaired) electrons. The quantitative estimate of drug-likeness (QED) is 0.465. The van der Waals surface area contributed by atoms with E-state index >= 15 is 0 Å². The van der Waals surface area contributed by atoms with Crippen LogP contribution in [0.4, 0.5) is 11.8 Å². The second-order valence-corrected chi connectivity index (χ2v) is 7.81. The maximum Gasteiger partial charge on any atom is 0.225 e. The lowest BCUT2D eigenvalue weighted by atomic mass is 10.1. The molecule has 1 heterocycles. The van der Waals surface area contributed by atoms with E-state index < -0.39 is 0 Å². The van der Waals surface area contributed by atoms with Crippen molar-refractivity contribution in [2.45, 2.75) is 13.0 Å². The van der Waals surface area contributed by atoms with Crippen molar-refractivity contribution in [1.82, 2.24) is 14.9 Å². The van der Waals surface area contributed by atoms with Crippen LogP contribution in [0.3, 0.4) is 0 Å². The molecule has 0 saturated carbocycles. The first-order valence-electron chi connectivity index (χ1n) is 9.41. The van der Waals surface area contributed by atoms with Crippen LogP contribution in [0.1, 0.15) is 12.0 Å². The van der Waals surface area contributed by atoms with E-state index in [2.05, 4.69) is 74.8 Å². The number of nitrogens with zero attached hydrogens (tertiary/aromatic N) is 3. The molecule has 0 aliphatic heterocycles. The standard InChI is InChI=1S/C22H26BrN5/c1-28(2)13-7-12-24-22-26-20(18-9-4-3-5-10-18)15-21(27-22)25-16-17-8-6-11-19(23)14-17/h3-6,8-11,14-15H,7,12-13,16H2,1-2H3,(H2,24,25,26,27). The van der Waals surface area contributed by atoms with Crippen molar-refractivity contribution in [3.05, 3.63) is 70.7 Å². The van der Waals surface area contributed by atoms with E-state index in [4.69, 9.17) is 4.98 Å². The Hall–Kier alpha value is -2.44. The van der Waals surface area contributed by atoms with Crippen molar-refractivity contribution in [2.24, 2.45) is 0 Å². The fraction of sp³-hybridized carbons (Fsp3) is 0.273. The summed E-state index contributed by atoms with van der Waals surface area (Å²) in [5.74, 6) is 1.46. The fourth-order valence-corrected chi connectivity index (χ4v) is 3.26. The molecule has 0 bridgehead atoms. The zero-order valence-electron chi connectivity index (χ0n) is 16.3. The third kappa shape index (κ3) is 6.32. The van der Waals surface area contributed by atoms with Gasteiger partial charge in [0.1, 0.15) is 5.82 Å². The lowest BCUT2D eigenvalue weighted by molar-refractivity contribution is 0.405. The average molecular weight is 440 g/mol. The Labute approximate surface area is 175 Å². The first kappa shape index (κ1) is 20.3. The molecule has 0 fully saturated rings. The van der Waals surface area contributed by atoms with Gasteiger partial charge in [-0.25, -0.2) is 4.98 Å². The van der Waals surface area contributed by atoms with E-state index in [9.17, 15) is 0 Å². The molecule has 6 heteroatoms. The van der Waals surface area contributed by atoms with Crippen LogP contribution in [-0.4, -0.2) is 42.1 Å². The molecule has 5 nitrogen and oxygen atoms in total. The van der Waals surface area contributed by atoms with Crippen molar-refractivity contribution in [3.63, 3.8) is 0 Å². The van der Waals surface area contributed by atoms with Crippen LogP contribution >= 0.6 is 15.9 Å². The smallest absolute Gasteiger partial charge is 0.225 e. The van der Waals surface area contributed by atoms with Gasteiger partial charge in [0.2, 0.25) is 5.95 Å². The molecule has 0 spiro atoms. The Morgan fingerprint density at radius 1 is 0.929 bits per heavy atom. The maximum atomic E-state index is 4.71. The topological polar surface area (TPSA) is 53.1 Å². The Morgan fingerprint density at radius 3 is 2.50 bits per heavy atom. The molecule has 0 saturated heterocycles. The Kier molecular flexibility index (Phi) is 7.39. The number of hydrogen-bond donors (Lipinski definition) is 2. The summed E-state index contributed by atoms with van der Waals surface area (Å²) in [6.45, 7) is 2.56. The molecule has 0 amide bonds. The first-order valence-corrected chi connectivity index (χ1v) is 10.2. The van der Waals surface area contributed by atoms with Gasteiger partial charge in [0, 0.05) is 29.2 Å².